The topological polar surface area (TPSA) is 35.6 Å². The molecule has 4 bridgehead atoms. The average Bonchev–Trinajstić information content (AvgIpc) is 3.12. The van der Waals surface area contributed by atoms with E-state index in [2.05, 4.69) is 15.1 Å². The molecule has 0 radical (unpaired) electrons. The van der Waals surface area contributed by atoms with Crippen LogP contribution in [0.2, 0.25) is 0 Å². The van der Waals surface area contributed by atoms with E-state index in [1.807, 2.05) is 0 Å². The van der Waals surface area contributed by atoms with Gasteiger partial charge in [-0.1, -0.05) is 6.42 Å². The summed E-state index contributed by atoms with van der Waals surface area (Å²) in [4.78, 5) is 18.2. The Bertz CT molecular complexity index is 488. The number of piperidine rings is 1. The van der Waals surface area contributed by atoms with Crippen molar-refractivity contribution < 1.29 is 4.79 Å². The molecule has 4 aliphatic carbocycles. The number of hydrogen-bond acceptors (Lipinski definition) is 3. The highest BCUT2D eigenvalue weighted by Crippen LogP contribution is 2.53. The number of rotatable bonds is 5. The lowest BCUT2D eigenvalue weighted by molar-refractivity contribution is -0.129. The first-order chi connectivity index (χ1) is 12.8. The lowest BCUT2D eigenvalue weighted by Gasteiger charge is -2.54. The second kappa shape index (κ2) is 7.43. The van der Waals surface area contributed by atoms with Crippen molar-refractivity contribution >= 4 is 5.91 Å². The van der Waals surface area contributed by atoms with Crippen molar-refractivity contribution in [2.24, 2.45) is 23.7 Å². The molecule has 1 N–H and O–H groups in total. The third-order valence-corrected chi connectivity index (χ3v) is 8.35. The van der Waals surface area contributed by atoms with Gasteiger partial charge in [-0.25, -0.2) is 0 Å². The lowest BCUT2D eigenvalue weighted by Crippen LogP contribution is -2.58. The maximum absolute atomic E-state index is 13.1. The molecule has 2 heterocycles. The first-order valence-corrected chi connectivity index (χ1v) is 11.5. The number of nitrogens with zero attached hydrogens (tertiary/aromatic N) is 2. The molecule has 2 saturated heterocycles. The monoisotopic (exact) mass is 359 g/mol. The fraction of sp³-hybridized carbons (Fsp3) is 0.955. The Labute approximate surface area is 159 Å². The molecule has 4 nitrogen and oxygen atoms in total. The third kappa shape index (κ3) is 3.44. The van der Waals surface area contributed by atoms with E-state index in [4.69, 9.17) is 0 Å². The van der Waals surface area contributed by atoms with Crippen molar-refractivity contribution in [1.29, 1.82) is 0 Å². The van der Waals surface area contributed by atoms with Gasteiger partial charge < -0.3 is 10.2 Å². The number of carbonyl (C=O) groups excluding carboxylic acids is 1. The maximum Gasteiger partial charge on any atom is 0.237 e. The summed E-state index contributed by atoms with van der Waals surface area (Å²) in [5.41, 5.74) is 0. The summed E-state index contributed by atoms with van der Waals surface area (Å²) in [6.07, 6.45) is 13.4. The maximum atomic E-state index is 13.1. The van der Waals surface area contributed by atoms with Crippen molar-refractivity contribution in [3.63, 3.8) is 0 Å². The molecule has 0 aromatic rings. The highest BCUT2D eigenvalue weighted by molar-refractivity contribution is 5.82. The van der Waals surface area contributed by atoms with Crippen LogP contribution in [0.25, 0.3) is 0 Å². The molecular formula is C22H37N3O. The van der Waals surface area contributed by atoms with E-state index < -0.39 is 0 Å². The second-order valence-electron chi connectivity index (χ2n) is 10.1. The van der Waals surface area contributed by atoms with E-state index >= 15 is 0 Å². The summed E-state index contributed by atoms with van der Waals surface area (Å²) in [7, 11) is 0. The smallest absolute Gasteiger partial charge is 0.237 e. The van der Waals surface area contributed by atoms with Crippen LogP contribution < -0.4 is 5.32 Å². The standard InChI is InChI=1S/C22H37N3O/c26-22(23-21-18-12-16-11-17(14-18)15-19(21)13-16)20-5-4-8-25(20)10-9-24-6-2-1-3-7-24/h16-21H,1-15H2,(H,23,26)/t16?,17?,18?,19?,20-,21?/m0/s1. The van der Waals surface area contributed by atoms with Crippen molar-refractivity contribution in [1.82, 2.24) is 15.1 Å². The van der Waals surface area contributed by atoms with Gasteiger partial charge in [0.05, 0.1) is 6.04 Å². The summed E-state index contributed by atoms with van der Waals surface area (Å²) in [6.45, 7) is 5.88. The lowest BCUT2D eigenvalue weighted by atomic mass is 9.54. The number of likely N-dealkylation sites (tertiary alicyclic amines) is 2. The SMILES string of the molecule is O=C(NC1C2CC3CC(C2)CC1C3)[C@@H]1CCCN1CCN1CCCCC1. The molecule has 2 aliphatic heterocycles. The molecule has 6 fully saturated rings. The minimum absolute atomic E-state index is 0.150. The number of carbonyl (C=O) groups is 1. The molecule has 0 spiro atoms. The Kier molecular flexibility index (Phi) is 4.99. The van der Waals surface area contributed by atoms with Crippen LogP contribution in [0.4, 0.5) is 0 Å². The predicted octanol–water partition coefficient (Wildman–Crippen LogP) is 2.88. The van der Waals surface area contributed by atoms with E-state index in [9.17, 15) is 4.79 Å². The van der Waals surface area contributed by atoms with E-state index in [1.165, 1.54) is 70.9 Å². The number of hydrogen-bond donors (Lipinski definition) is 1. The third-order valence-electron chi connectivity index (χ3n) is 8.35. The van der Waals surface area contributed by atoms with Gasteiger partial charge in [0.25, 0.3) is 0 Å². The Morgan fingerprint density at radius 1 is 0.808 bits per heavy atom. The van der Waals surface area contributed by atoms with Gasteiger partial charge in [-0.2, -0.15) is 0 Å². The Morgan fingerprint density at radius 3 is 2.19 bits per heavy atom. The fourth-order valence-corrected chi connectivity index (χ4v) is 7.26. The van der Waals surface area contributed by atoms with Crippen LogP contribution in [-0.4, -0.2) is 60.5 Å². The number of nitrogens with one attached hydrogen (secondary N) is 1. The Morgan fingerprint density at radius 2 is 1.50 bits per heavy atom. The van der Waals surface area contributed by atoms with E-state index in [0.29, 0.717) is 11.9 Å². The molecular weight excluding hydrogens is 322 g/mol. The van der Waals surface area contributed by atoms with E-state index in [1.54, 1.807) is 0 Å². The van der Waals surface area contributed by atoms with Crippen molar-refractivity contribution in [3.8, 4) is 0 Å². The van der Waals surface area contributed by atoms with Gasteiger partial charge in [0.1, 0.15) is 0 Å². The Hall–Kier alpha value is -0.610. The van der Waals surface area contributed by atoms with Crippen molar-refractivity contribution in [2.45, 2.75) is 76.3 Å². The zero-order chi connectivity index (χ0) is 17.5. The predicted molar refractivity (Wildman–Crippen MR) is 104 cm³/mol. The summed E-state index contributed by atoms with van der Waals surface area (Å²) < 4.78 is 0. The fourth-order valence-electron chi connectivity index (χ4n) is 7.26. The van der Waals surface area contributed by atoms with E-state index in [0.717, 1.165) is 49.7 Å². The van der Waals surface area contributed by atoms with Crippen LogP contribution in [0.1, 0.15) is 64.2 Å². The van der Waals surface area contributed by atoms with Crippen molar-refractivity contribution in [2.75, 3.05) is 32.7 Å². The molecule has 0 aromatic heterocycles. The van der Waals surface area contributed by atoms with Gasteiger partial charge in [-0.15, -0.1) is 0 Å². The van der Waals surface area contributed by atoms with Crippen LogP contribution >= 0.6 is 0 Å². The van der Waals surface area contributed by atoms with Crippen LogP contribution in [0.5, 0.6) is 0 Å². The summed E-state index contributed by atoms with van der Waals surface area (Å²) >= 11 is 0. The molecule has 26 heavy (non-hydrogen) atoms. The van der Waals surface area contributed by atoms with Gasteiger partial charge in [-0.05, 0) is 101 Å². The zero-order valence-electron chi connectivity index (χ0n) is 16.4. The quantitative estimate of drug-likeness (QED) is 0.820. The molecule has 0 unspecified atom stereocenters. The van der Waals surface area contributed by atoms with Gasteiger partial charge in [-0.3, -0.25) is 9.69 Å². The number of amides is 1. The molecule has 1 atom stereocenters. The second-order valence-corrected chi connectivity index (χ2v) is 10.1. The highest BCUT2D eigenvalue weighted by atomic mass is 16.2. The highest BCUT2D eigenvalue weighted by Gasteiger charge is 2.49. The average molecular weight is 360 g/mol. The molecule has 4 heteroatoms. The Balaban J connectivity index is 1.16. The zero-order valence-corrected chi connectivity index (χ0v) is 16.4. The normalized spacial score (nSPS) is 43.1. The summed E-state index contributed by atoms with van der Waals surface area (Å²) in [5, 5.41) is 3.58. The first kappa shape index (κ1) is 17.5. The van der Waals surface area contributed by atoms with Gasteiger partial charge in [0, 0.05) is 19.1 Å². The van der Waals surface area contributed by atoms with Crippen molar-refractivity contribution in [3.05, 3.63) is 0 Å². The largest absolute Gasteiger partial charge is 0.351 e. The van der Waals surface area contributed by atoms with E-state index in [-0.39, 0.29) is 6.04 Å². The van der Waals surface area contributed by atoms with Crippen LogP contribution in [0.15, 0.2) is 0 Å². The minimum atomic E-state index is 0.150. The summed E-state index contributed by atoms with van der Waals surface area (Å²) in [5.74, 6) is 3.91. The molecule has 6 aliphatic rings. The molecule has 6 rings (SSSR count). The molecule has 4 saturated carbocycles. The van der Waals surface area contributed by atoms with Gasteiger partial charge in [0.15, 0.2) is 0 Å². The van der Waals surface area contributed by atoms with Gasteiger partial charge in [0.2, 0.25) is 5.91 Å². The molecule has 146 valence electrons. The first-order valence-electron chi connectivity index (χ1n) is 11.5. The molecule has 1 amide bonds. The van der Waals surface area contributed by atoms with Crippen LogP contribution in [-0.2, 0) is 4.79 Å². The minimum Gasteiger partial charge on any atom is -0.351 e. The molecule has 0 aromatic carbocycles. The van der Waals surface area contributed by atoms with Gasteiger partial charge >= 0.3 is 0 Å². The van der Waals surface area contributed by atoms with Crippen LogP contribution in [0, 0.1) is 23.7 Å². The summed E-state index contributed by atoms with van der Waals surface area (Å²) in [6, 6.07) is 0.650. The van der Waals surface area contributed by atoms with Crippen LogP contribution in [0.3, 0.4) is 0 Å².